The van der Waals surface area contributed by atoms with Gasteiger partial charge in [-0.1, -0.05) is 24.3 Å². The highest BCUT2D eigenvalue weighted by atomic mass is 16.5. The Kier molecular flexibility index (Phi) is 5.24. The van der Waals surface area contributed by atoms with Crippen LogP contribution in [0, 0.1) is 11.8 Å². The van der Waals surface area contributed by atoms with E-state index in [-0.39, 0.29) is 18.5 Å². The molecular formula is C20H22O5. The van der Waals surface area contributed by atoms with Crippen molar-refractivity contribution in [3.05, 3.63) is 59.7 Å². The lowest BCUT2D eigenvalue weighted by atomic mass is 9.83. The second-order valence-corrected chi connectivity index (χ2v) is 6.18. The number of ether oxygens (including phenoxy) is 3. The van der Waals surface area contributed by atoms with Gasteiger partial charge in [-0.3, -0.25) is 4.79 Å². The van der Waals surface area contributed by atoms with Crippen molar-refractivity contribution in [2.24, 2.45) is 11.8 Å². The van der Waals surface area contributed by atoms with Gasteiger partial charge in [0.15, 0.2) is 0 Å². The number of hydrogen-bond donors (Lipinski definition) is 1. The van der Waals surface area contributed by atoms with E-state index in [1.54, 1.807) is 20.3 Å². The van der Waals surface area contributed by atoms with Crippen LogP contribution in [0.3, 0.4) is 0 Å². The van der Waals surface area contributed by atoms with E-state index in [0.29, 0.717) is 12.2 Å². The summed E-state index contributed by atoms with van der Waals surface area (Å²) in [6.45, 7) is 0.214. The third-order valence-electron chi connectivity index (χ3n) is 4.67. The van der Waals surface area contributed by atoms with Gasteiger partial charge in [0, 0.05) is 5.92 Å². The molecule has 3 atom stereocenters. The van der Waals surface area contributed by atoms with Crippen molar-refractivity contribution in [3.63, 3.8) is 0 Å². The minimum atomic E-state index is -0.794. The van der Waals surface area contributed by atoms with Gasteiger partial charge in [-0.25, -0.2) is 0 Å². The van der Waals surface area contributed by atoms with Crippen molar-refractivity contribution in [3.8, 4) is 11.5 Å². The van der Waals surface area contributed by atoms with Crippen LogP contribution < -0.4 is 9.47 Å². The van der Waals surface area contributed by atoms with Crippen LogP contribution in [0.5, 0.6) is 11.5 Å². The van der Waals surface area contributed by atoms with Crippen molar-refractivity contribution < 1.29 is 24.1 Å². The Bertz CT molecular complexity index is 742. The summed E-state index contributed by atoms with van der Waals surface area (Å²) in [5.41, 5.74) is 1.70. The fraction of sp³-hybridized carbons (Fsp3) is 0.350. The minimum Gasteiger partial charge on any atom is -0.497 e. The zero-order chi connectivity index (χ0) is 17.8. The van der Waals surface area contributed by atoms with E-state index in [4.69, 9.17) is 14.2 Å². The summed E-state index contributed by atoms with van der Waals surface area (Å²) in [6.07, 6.45) is -0.293. The SMILES string of the molecule is COc1cccc(C[C@H]2C(=O)OC[C@@H]2[C@@H](O)c2cccc(OC)c2)c1. The van der Waals surface area contributed by atoms with Crippen molar-refractivity contribution in [1.82, 2.24) is 0 Å². The van der Waals surface area contributed by atoms with Gasteiger partial charge < -0.3 is 19.3 Å². The van der Waals surface area contributed by atoms with Gasteiger partial charge in [-0.2, -0.15) is 0 Å². The number of methoxy groups -OCH3 is 2. The van der Waals surface area contributed by atoms with Gasteiger partial charge in [-0.15, -0.1) is 0 Å². The van der Waals surface area contributed by atoms with Crippen molar-refractivity contribution in [2.45, 2.75) is 12.5 Å². The predicted molar refractivity (Wildman–Crippen MR) is 92.6 cm³/mol. The molecule has 25 heavy (non-hydrogen) atoms. The quantitative estimate of drug-likeness (QED) is 0.818. The molecule has 0 bridgehead atoms. The molecule has 0 saturated carbocycles. The highest BCUT2D eigenvalue weighted by Gasteiger charge is 2.41. The summed E-state index contributed by atoms with van der Waals surface area (Å²) in [7, 11) is 3.19. The first-order chi connectivity index (χ1) is 12.1. The van der Waals surface area contributed by atoms with E-state index in [0.717, 1.165) is 16.9 Å². The van der Waals surface area contributed by atoms with Gasteiger partial charge in [-0.05, 0) is 41.8 Å². The molecule has 0 unspecified atom stereocenters. The zero-order valence-corrected chi connectivity index (χ0v) is 14.3. The van der Waals surface area contributed by atoms with Gasteiger partial charge >= 0.3 is 5.97 Å². The lowest BCUT2D eigenvalue weighted by Gasteiger charge is -2.22. The molecule has 0 aromatic heterocycles. The molecule has 0 radical (unpaired) electrons. The summed E-state index contributed by atoms with van der Waals surface area (Å²) < 4.78 is 15.7. The molecule has 1 aliphatic heterocycles. The Morgan fingerprint density at radius 1 is 1.12 bits per heavy atom. The number of aliphatic hydroxyl groups is 1. The summed E-state index contributed by atoms with van der Waals surface area (Å²) in [6, 6.07) is 14.9. The Morgan fingerprint density at radius 3 is 2.52 bits per heavy atom. The van der Waals surface area contributed by atoms with Gasteiger partial charge in [0.2, 0.25) is 0 Å². The van der Waals surface area contributed by atoms with Crippen LogP contribution in [0.4, 0.5) is 0 Å². The molecule has 1 N–H and O–H groups in total. The van der Waals surface area contributed by atoms with Gasteiger partial charge in [0.25, 0.3) is 0 Å². The first-order valence-electron chi connectivity index (χ1n) is 8.24. The van der Waals surface area contributed by atoms with Gasteiger partial charge in [0.1, 0.15) is 11.5 Å². The first-order valence-corrected chi connectivity index (χ1v) is 8.24. The second kappa shape index (κ2) is 7.57. The number of benzene rings is 2. The number of hydrogen-bond acceptors (Lipinski definition) is 5. The number of aliphatic hydroxyl groups excluding tert-OH is 1. The van der Waals surface area contributed by atoms with Crippen LogP contribution in [0.15, 0.2) is 48.5 Å². The molecule has 5 nitrogen and oxygen atoms in total. The topological polar surface area (TPSA) is 65.0 Å². The molecule has 1 fully saturated rings. The fourth-order valence-corrected chi connectivity index (χ4v) is 3.25. The van der Waals surface area contributed by atoms with Crippen molar-refractivity contribution >= 4 is 5.97 Å². The molecule has 0 aliphatic carbocycles. The van der Waals surface area contributed by atoms with Crippen LogP contribution in [0.1, 0.15) is 17.2 Å². The molecule has 1 heterocycles. The molecule has 2 aromatic carbocycles. The smallest absolute Gasteiger partial charge is 0.309 e. The summed E-state index contributed by atoms with van der Waals surface area (Å²) in [5.74, 6) is 0.453. The summed E-state index contributed by atoms with van der Waals surface area (Å²) >= 11 is 0. The van der Waals surface area contributed by atoms with Crippen LogP contribution >= 0.6 is 0 Å². The van der Waals surface area contributed by atoms with Crippen LogP contribution in [-0.4, -0.2) is 31.9 Å². The number of carbonyl (C=O) groups is 1. The van der Waals surface area contributed by atoms with Gasteiger partial charge in [0.05, 0.1) is 32.8 Å². The molecular weight excluding hydrogens is 320 g/mol. The molecule has 0 amide bonds. The lowest BCUT2D eigenvalue weighted by molar-refractivity contribution is -0.141. The average Bonchev–Trinajstić information content (AvgIpc) is 3.01. The maximum Gasteiger partial charge on any atom is 0.309 e. The highest BCUT2D eigenvalue weighted by molar-refractivity contribution is 5.75. The van der Waals surface area contributed by atoms with E-state index in [1.165, 1.54) is 0 Å². The standard InChI is InChI=1S/C20H22O5/c1-23-15-7-3-5-13(9-15)10-17-18(12-25-20(17)22)19(21)14-6-4-8-16(11-14)24-2/h3-9,11,17-19,21H,10,12H2,1-2H3/t17-,18+,19+/m1/s1. The normalized spacial score (nSPS) is 20.8. The fourth-order valence-electron chi connectivity index (χ4n) is 3.25. The molecule has 0 spiro atoms. The monoisotopic (exact) mass is 342 g/mol. The summed E-state index contributed by atoms with van der Waals surface area (Å²) in [4.78, 5) is 12.2. The number of carbonyl (C=O) groups excluding carboxylic acids is 1. The van der Waals surface area contributed by atoms with Crippen LogP contribution in [-0.2, 0) is 16.0 Å². The maximum absolute atomic E-state index is 12.2. The zero-order valence-electron chi connectivity index (χ0n) is 14.3. The molecule has 132 valence electrons. The third-order valence-corrected chi connectivity index (χ3v) is 4.67. The Balaban J connectivity index is 1.80. The lowest BCUT2D eigenvalue weighted by Crippen LogP contribution is -2.24. The third kappa shape index (κ3) is 3.77. The molecule has 1 aliphatic rings. The van der Waals surface area contributed by atoms with E-state index in [1.807, 2.05) is 42.5 Å². The Labute approximate surface area is 147 Å². The van der Waals surface area contributed by atoms with E-state index in [9.17, 15) is 9.90 Å². The molecule has 3 rings (SSSR count). The van der Waals surface area contributed by atoms with Crippen molar-refractivity contribution in [1.29, 1.82) is 0 Å². The largest absolute Gasteiger partial charge is 0.497 e. The minimum absolute atomic E-state index is 0.214. The summed E-state index contributed by atoms with van der Waals surface area (Å²) in [5, 5.41) is 10.8. The Hall–Kier alpha value is -2.53. The van der Waals surface area contributed by atoms with E-state index in [2.05, 4.69) is 0 Å². The van der Waals surface area contributed by atoms with Crippen molar-refractivity contribution in [2.75, 3.05) is 20.8 Å². The van der Waals surface area contributed by atoms with Crippen LogP contribution in [0.2, 0.25) is 0 Å². The second-order valence-electron chi connectivity index (χ2n) is 6.18. The molecule has 1 saturated heterocycles. The maximum atomic E-state index is 12.2. The molecule has 5 heteroatoms. The predicted octanol–water partition coefficient (Wildman–Crippen LogP) is 2.77. The first kappa shape index (κ1) is 17.3. The Morgan fingerprint density at radius 2 is 1.80 bits per heavy atom. The highest BCUT2D eigenvalue weighted by Crippen LogP contribution is 2.36. The average molecular weight is 342 g/mol. The molecule has 2 aromatic rings. The number of cyclic esters (lactones) is 1. The van der Waals surface area contributed by atoms with E-state index < -0.39 is 12.0 Å². The number of rotatable bonds is 6. The number of esters is 1. The van der Waals surface area contributed by atoms with E-state index >= 15 is 0 Å². The van der Waals surface area contributed by atoms with Crippen LogP contribution in [0.25, 0.3) is 0 Å².